The minimum atomic E-state index is 0.292. The van der Waals surface area contributed by atoms with Crippen LogP contribution in [0.25, 0.3) is 11.2 Å². The third-order valence-electron chi connectivity index (χ3n) is 4.22. The van der Waals surface area contributed by atoms with Crippen molar-refractivity contribution in [2.45, 2.75) is 25.5 Å². The number of hydrogen-bond acceptors (Lipinski definition) is 6. The third-order valence-corrected chi connectivity index (χ3v) is 4.22. The lowest BCUT2D eigenvalue weighted by Crippen LogP contribution is -2.44. The Kier molecular flexibility index (Phi) is 3.44. The summed E-state index contributed by atoms with van der Waals surface area (Å²) in [5.74, 6) is 0.951. The van der Waals surface area contributed by atoms with Crippen LogP contribution in [0.15, 0.2) is 12.7 Å². The van der Waals surface area contributed by atoms with Crippen LogP contribution in [0.5, 0.6) is 0 Å². The zero-order valence-electron chi connectivity index (χ0n) is 12.0. The van der Waals surface area contributed by atoms with Gasteiger partial charge in [-0.05, 0) is 12.8 Å². The molecule has 2 fully saturated rings. The first-order chi connectivity index (χ1) is 10.4. The lowest BCUT2D eigenvalue weighted by atomic mass is 10.2. The predicted molar refractivity (Wildman–Crippen MR) is 79.4 cm³/mol. The molecule has 21 heavy (non-hydrogen) atoms. The summed E-state index contributed by atoms with van der Waals surface area (Å²) in [7, 11) is 0. The molecule has 0 radical (unpaired) electrons. The van der Waals surface area contributed by atoms with Crippen LogP contribution in [0.3, 0.4) is 0 Å². The summed E-state index contributed by atoms with van der Waals surface area (Å²) >= 11 is 0. The summed E-state index contributed by atoms with van der Waals surface area (Å²) in [4.78, 5) is 15.7. The molecular formula is C14H20N6O. The minimum Gasteiger partial charge on any atom is -0.376 e. The number of aromatic nitrogens is 4. The van der Waals surface area contributed by atoms with Gasteiger partial charge >= 0.3 is 0 Å². The molecule has 0 aliphatic carbocycles. The van der Waals surface area contributed by atoms with Gasteiger partial charge in [0.2, 0.25) is 0 Å². The third kappa shape index (κ3) is 2.47. The Bertz CT molecular complexity index is 615. The van der Waals surface area contributed by atoms with Gasteiger partial charge in [0.25, 0.3) is 0 Å². The molecule has 2 aromatic heterocycles. The first-order valence-corrected chi connectivity index (χ1v) is 7.65. The molecule has 0 amide bonds. The van der Waals surface area contributed by atoms with E-state index in [-0.39, 0.29) is 0 Å². The highest BCUT2D eigenvalue weighted by atomic mass is 16.5. The smallest absolute Gasteiger partial charge is 0.165 e. The number of hydrogen-bond donors (Lipinski definition) is 1. The van der Waals surface area contributed by atoms with Crippen LogP contribution in [-0.2, 0) is 11.3 Å². The minimum absolute atomic E-state index is 0.292. The molecule has 4 heterocycles. The maximum atomic E-state index is 5.71. The first kappa shape index (κ1) is 13.0. The van der Waals surface area contributed by atoms with E-state index < -0.39 is 0 Å². The van der Waals surface area contributed by atoms with Gasteiger partial charge in [-0.2, -0.15) is 0 Å². The predicted octanol–water partition coefficient (Wildman–Crippen LogP) is 0.415. The summed E-state index contributed by atoms with van der Waals surface area (Å²) in [5.41, 5.74) is 1.81. The topological polar surface area (TPSA) is 68.1 Å². The largest absolute Gasteiger partial charge is 0.376 e. The molecular weight excluding hydrogens is 268 g/mol. The maximum Gasteiger partial charge on any atom is 0.165 e. The van der Waals surface area contributed by atoms with Crippen LogP contribution in [0, 0.1) is 0 Å². The van der Waals surface area contributed by atoms with Crippen molar-refractivity contribution in [3.63, 3.8) is 0 Å². The Balaban J connectivity index is 1.65. The molecule has 1 unspecified atom stereocenters. The number of nitrogens with zero attached hydrogens (tertiary/aromatic N) is 5. The van der Waals surface area contributed by atoms with Crippen LogP contribution >= 0.6 is 0 Å². The van der Waals surface area contributed by atoms with E-state index in [1.54, 1.807) is 6.33 Å². The molecule has 7 nitrogen and oxygen atoms in total. The fourth-order valence-electron chi connectivity index (χ4n) is 3.12. The standard InChI is InChI=1S/C14H20N6O/c1-2-11(21-7-1)8-20-10-18-12-13(16-9-17-14(12)20)19-5-3-15-4-6-19/h9-11,15H,1-8H2. The summed E-state index contributed by atoms with van der Waals surface area (Å²) in [5, 5.41) is 3.36. The molecule has 2 aromatic rings. The molecule has 0 aromatic carbocycles. The van der Waals surface area contributed by atoms with Crippen molar-refractivity contribution < 1.29 is 4.74 Å². The summed E-state index contributed by atoms with van der Waals surface area (Å²) in [6.07, 6.45) is 6.08. The molecule has 112 valence electrons. The van der Waals surface area contributed by atoms with Crippen LogP contribution in [0.2, 0.25) is 0 Å². The second-order valence-corrected chi connectivity index (χ2v) is 5.64. The SMILES string of the molecule is c1nc(N2CCNCC2)c2ncn(CC3CCCO3)c2n1. The Labute approximate surface area is 123 Å². The van der Waals surface area contributed by atoms with Gasteiger partial charge in [-0.1, -0.05) is 0 Å². The van der Waals surface area contributed by atoms with Crippen LogP contribution in [0.1, 0.15) is 12.8 Å². The van der Waals surface area contributed by atoms with Crippen molar-refractivity contribution in [2.24, 2.45) is 0 Å². The van der Waals surface area contributed by atoms with Crippen LogP contribution in [0.4, 0.5) is 5.82 Å². The van der Waals surface area contributed by atoms with Crippen molar-refractivity contribution in [3.05, 3.63) is 12.7 Å². The maximum absolute atomic E-state index is 5.71. The number of fused-ring (bicyclic) bond motifs is 1. The Morgan fingerprint density at radius 3 is 2.95 bits per heavy atom. The highest BCUT2D eigenvalue weighted by Crippen LogP contribution is 2.23. The molecule has 2 saturated heterocycles. The van der Waals surface area contributed by atoms with Gasteiger partial charge in [0, 0.05) is 32.8 Å². The number of ether oxygens (including phenoxy) is 1. The van der Waals surface area contributed by atoms with E-state index in [0.29, 0.717) is 6.10 Å². The van der Waals surface area contributed by atoms with E-state index in [1.165, 1.54) is 0 Å². The Hall–Kier alpha value is -1.73. The van der Waals surface area contributed by atoms with Crippen molar-refractivity contribution in [1.82, 2.24) is 24.8 Å². The van der Waals surface area contributed by atoms with Crippen molar-refractivity contribution in [1.29, 1.82) is 0 Å². The molecule has 0 saturated carbocycles. The van der Waals surface area contributed by atoms with Gasteiger partial charge in [0.1, 0.15) is 6.33 Å². The van der Waals surface area contributed by atoms with Crippen molar-refractivity contribution in [2.75, 3.05) is 37.7 Å². The highest BCUT2D eigenvalue weighted by Gasteiger charge is 2.20. The van der Waals surface area contributed by atoms with Gasteiger partial charge in [0.15, 0.2) is 17.0 Å². The van der Waals surface area contributed by atoms with E-state index in [2.05, 4.69) is 29.7 Å². The molecule has 1 N–H and O–H groups in total. The van der Waals surface area contributed by atoms with E-state index in [0.717, 1.165) is 69.2 Å². The van der Waals surface area contributed by atoms with Crippen molar-refractivity contribution >= 4 is 17.0 Å². The second-order valence-electron chi connectivity index (χ2n) is 5.64. The number of anilines is 1. The number of imidazole rings is 1. The Morgan fingerprint density at radius 1 is 1.24 bits per heavy atom. The van der Waals surface area contributed by atoms with Gasteiger partial charge in [0.05, 0.1) is 19.0 Å². The average Bonchev–Trinajstić information content (AvgIpc) is 3.19. The number of nitrogens with one attached hydrogen (secondary N) is 1. The molecule has 1 atom stereocenters. The summed E-state index contributed by atoms with van der Waals surface area (Å²) in [6, 6.07) is 0. The van der Waals surface area contributed by atoms with Gasteiger partial charge < -0.3 is 19.5 Å². The number of rotatable bonds is 3. The van der Waals surface area contributed by atoms with Crippen LogP contribution in [-0.4, -0.2) is 58.4 Å². The molecule has 2 aliphatic rings. The highest BCUT2D eigenvalue weighted by molar-refractivity contribution is 5.83. The summed E-state index contributed by atoms with van der Waals surface area (Å²) < 4.78 is 7.81. The lowest BCUT2D eigenvalue weighted by Gasteiger charge is -2.28. The lowest BCUT2D eigenvalue weighted by molar-refractivity contribution is 0.0978. The van der Waals surface area contributed by atoms with Gasteiger partial charge in [-0.15, -0.1) is 0 Å². The van der Waals surface area contributed by atoms with E-state index >= 15 is 0 Å². The fraction of sp³-hybridized carbons (Fsp3) is 0.643. The normalized spacial score (nSPS) is 23.0. The number of piperazine rings is 1. The molecule has 7 heteroatoms. The monoisotopic (exact) mass is 288 g/mol. The zero-order valence-corrected chi connectivity index (χ0v) is 12.0. The molecule has 0 bridgehead atoms. The van der Waals surface area contributed by atoms with Crippen molar-refractivity contribution in [3.8, 4) is 0 Å². The van der Waals surface area contributed by atoms with E-state index in [1.807, 2.05) is 6.33 Å². The second kappa shape index (κ2) is 5.57. The van der Waals surface area contributed by atoms with E-state index in [9.17, 15) is 0 Å². The molecule has 0 spiro atoms. The van der Waals surface area contributed by atoms with E-state index in [4.69, 9.17) is 4.74 Å². The summed E-state index contributed by atoms with van der Waals surface area (Å²) in [6.45, 7) is 5.60. The zero-order chi connectivity index (χ0) is 14.1. The van der Waals surface area contributed by atoms with Gasteiger partial charge in [-0.3, -0.25) is 0 Å². The Morgan fingerprint density at radius 2 is 2.14 bits per heavy atom. The first-order valence-electron chi connectivity index (χ1n) is 7.65. The molecule has 4 rings (SSSR count). The average molecular weight is 288 g/mol. The van der Waals surface area contributed by atoms with Crippen LogP contribution < -0.4 is 10.2 Å². The molecule has 2 aliphatic heterocycles. The fourth-order valence-corrected chi connectivity index (χ4v) is 3.12. The van der Waals surface area contributed by atoms with Gasteiger partial charge in [-0.25, -0.2) is 15.0 Å². The quantitative estimate of drug-likeness (QED) is 0.882.